The number of aliphatic carboxylic acids is 1. The first kappa shape index (κ1) is 17.1. The molecule has 0 atom stereocenters. The number of nitrogens with one attached hydrogen (secondary N) is 2. The zero-order chi connectivity index (χ0) is 15.9. The molecular formula is C14H24N4O3. The molecule has 0 saturated heterocycles. The summed E-state index contributed by atoms with van der Waals surface area (Å²) in [6.45, 7) is 6.52. The van der Waals surface area contributed by atoms with Crippen LogP contribution in [0.2, 0.25) is 0 Å². The standard InChI is InChI=1S/C14H24N4O3/c1-14(2,3)13-16-11(17-18-13)12(21)15-9-7-5-4-6-8-10(19)20/h4-9H2,1-3H3,(H,15,21)(H,19,20)(H,16,17,18). The Balaban J connectivity index is 2.22. The molecule has 0 fully saturated rings. The van der Waals surface area contributed by atoms with Gasteiger partial charge in [-0.1, -0.05) is 33.6 Å². The highest BCUT2D eigenvalue weighted by Gasteiger charge is 2.20. The van der Waals surface area contributed by atoms with Crippen LogP contribution in [0.4, 0.5) is 0 Å². The average Bonchev–Trinajstić information content (AvgIpc) is 2.86. The number of rotatable bonds is 8. The minimum atomic E-state index is -0.762. The molecule has 1 aromatic rings. The van der Waals surface area contributed by atoms with Gasteiger partial charge >= 0.3 is 5.97 Å². The third-order valence-corrected chi connectivity index (χ3v) is 3.00. The fourth-order valence-corrected chi connectivity index (χ4v) is 1.73. The summed E-state index contributed by atoms with van der Waals surface area (Å²) in [7, 11) is 0. The van der Waals surface area contributed by atoms with Crippen LogP contribution in [-0.4, -0.2) is 38.7 Å². The Kier molecular flexibility index (Phi) is 6.33. The molecule has 0 aliphatic carbocycles. The van der Waals surface area contributed by atoms with E-state index in [1.54, 1.807) is 0 Å². The van der Waals surface area contributed by atoms with E-state index in [2.05, 4.69) is 20.5 Å². The summed E-state index contributed by atoms with van der Waals surface area (Å²) >= 11 is 0. The number of H-pyrrole nitrogens is 1. The summed E-state index contributed by atoms with van der Waals surface area (Å²) in [6.07, 6.45) is 3.46. The van der Waals surface area contributed by atoms with Crippen LogP contribution in [0.15, 0.2) is 0 Å². The zero-order valence-electron chi connectivity index (χ0n) is 12.9. The Hall–Kier alpha value is -1.92. The Morgan fingerprint density at radius 2 is 1.86 bits per heavy atom. The van der Waals surface area contributed by atoms with E-state index in [-0.39, 0.29) is 23.6 Å². The highest BCUT2D eigenvalue weighted by Crippen LogP contribution is 2.17. The molecule has 1 rings (SSSR count). The molecule has 0 saturated carbocycles. The van der Waals surface area contributed by atoms with Gasteiger partial charge in [-0.05, 0) is 12.8 Å². The third kappa shape index (κ3) is 6.37. The van der Waals surface area contributed by atoms with Gasteiger partial charge in [0, 0.05) is 18.4 Å². The van der Waals surface area contributed by atoms with Gasteiger partial charge in [0.15, 0.2) is 0 Å². The summed E-state index contributed by atoms with van der Waals surface area (Å²) in [5.41, 5.74) is -0.171. The molecule has 7 nitrogen and oxygen atoms in total. The molecule has 1 aromatic heterocycles. The third-order valence-electron chi connectivity index (χ3n) is 3.00. The summed E-state index contributed by atoms with van der Waals surface area (Å²) < 4.78 is 0. The smallest absolute Gasteiger partial charge is 0.303 e. The van der Waals surface area contributed by atoms with Gasteiger partial charge in [0.2, 0.25) is 5.82 Å². The highest BCUT2D eigenvalue weighted by atomic mass is 16.4. The predicted molar refractivity (Wildman–Crippen MR) is 78.1 cm³/mol. The van der Waals surface area contributed by atoms with Gasteiger partial charge in [0.1, 0.15) is 5.82 Å². The molecule has 0 aromatic carbocycles. The molecule has 0 spiro atoms. The van der Waals surface area contributed by atoms with E-state index in [4.69, 9.17) is 5.11 Å². The van der Waals surface area contributed by atoms with Crippen LogP contribution in [0, 0.1) is 0 Å². The molecule has 1 heterocycles. The van der Waals surface area contributed by atoms with Gasteiger partial charge in [-0.15, -0.1) is 5.10 Å². The number of carbonyl (C=O) groups is 2. The van der Waals surface area contributed by atoms with E-state index in [1.807, 2.05) is 20.8 Å². The fourth-order valence-electron chi connectivity index (χ4n) is 1.73. The van der Waals surface area contributed by atoms with Crippen molar-refractivity contribution < 1.29 is 14.7 Å². The normalized spacial score (nSPS) is 11.4. The minimum Gasteiger partial charge on any atom is -0.481 e. The fraction of sp³-hybridized carbons (Fsp3) is 0.714. The second-order valence-corrected chi connectivity index (χ2v) is 6.07. The summed E-state index contributed by atoms with van der Waals surface area (Å²) in [5, 5.41) is 18.0. The van der Waals surface area contributed by atoms with Crippen LogP contribution in [0.3, 0.4) is 0 Å². The van der Waals surface area contributed by atoms with Gasteiger partial charge in [-0.2, -0.15) is 0 Å². The molecule has 0 bridgehead atoms. The number of nitrogens with zero attached hydrogens (tertiary/aromatic N) is 2. The first-order valence-electron chi connectivity index (χ1n) is 7.23. The van der Waals surface area contributed by atoms with Crippen LogP contribution in [0.5, 0.6) is 0 Å². The number of carboxylic acid groups (broad SMARTS) is 1. The monoisotopic (exact) mass is 296 g/mol. The Labute approximate surface area is 124 Å². The Bertz CT molecular complexity index is 477. The van der Waals surface area contributed by atoms with Crippen molar-refractivity contribution in [3.8, 4) is 0 Å². The van der Waals surface area contributed by atoms with Crippen LogP contribution in [0.1, 0.15) is 69.3 Å². The van der Waals surface area contributed by atoms with Gasteiger partial charge in [0.25, 0.3) is 5.91 Å². The van der Waals surface area contributed by atoms with Crippen LogP contribution < -0.4 is 5.32 Å². The van der Waals surface area contributed by atoms with E-state index in [0.29, 0.717) is 18.8 Å². The van der Waals surface area contributed by atoms with E-state index < -0.39 is 5.97 Å². The molecule has 3 N–H and O–H groups in total. The minimum absolute atomic E-state index is 0.158. The van der Waals surface area contributed by atoms with Gasteiger partial charge in [-0.25, -0.2) is 4.98 Å². The lowest BCUT2D eigenvalue weighted by molar-refractivity contribution is -0.137. The largest absolute Gasteiger partial charge is 0.481 e. The molecule has 0 radical (unpaired) electrons. The topological polar surface area (TPSA) is 108 Å². The number of carboxylic acids is 1. The Morgan fingerprint density at radius 1 is 1.19 bits per heavy atom. The van der Waals surface area contributed by atoms with E-state index >= 15 is 0 Å². The summed E-state index contributed by atoms with van der Waals surface area (Å²) in [4.78, 5) is 26.3. The molecule has 0 unspecified atom stereocenters. The van der Waals surface area contributed by atoms with Crippen molar-refractivity contribution in [2.75, 3.05) is 6.54 Å². The second-order valence-electron chi connectivity index (χ2n) is 6.07. The number of aromatic nitrogens is 3. The molecule has 21 heavy (non-hydrogen) atoms. The maximum atomic E-state index is 11.8. The summed E-state index contributed by atoms with van der Waals surface area (Å²) in [5.74, 6) is -0.207. The van der Waals surface area contributed by atoms with Crippen LogP contribution in [0.25, 0.3) is 0 Å². The number of hydrogen-bond donors (Lipinski definition) is 3. The SMILES string of the molecule is CC(C)(C)c1nc(C(=O)NCCCCCCC(=O)O)n[nH]1. The van der Waals surface area contributed by atoms with Crippen molar-refractivity contribution >= 4 is 11.9 Å². The maximum absolute atomic E-state index is 11.8. The molecule has 7 heteroatoms. The summed E-state index contributed by atoms with van der Waals surface area (Å²) in [6, 6.07) is 0. The van der Waals surface area contributed by atoms with E-state index in [9.17, 15) is 9.59 Å². The quantitative estimate of drug-likeness (QED) is 0.635. The molecular weight excluding hydrogens is 272 g/mol. The molecule has 1 amide bonds. The number of amides is 1. The number of unbranched alkanes of at least 4 members (excludes halogenated alkanes) is 3. The van der Waals surface area contributed by atoms with Gasteiger partial charge < -0.3 is 10.4 Å². The predicted octanol–water partition coefficient (Wildman–Crippen LogP) is 1.87. The highest BCUT2D eigenvalue weighted by molar-refractivity contribution is 5.90. The lowest BCUT2D eigenvalue weighted by Crippen LogP contribution is -2.25. The molecule has 0 aliphatic rings. The first-order chi connectivity index (χ1) is 9.80. The first-order valence-corrected chi connectivity index (χ1v) is 7.23. The van der Waals surface area contributed by atoms with Gasteiger partial charge in [-0.3, -0.25) is 14.7 Å². The van der Waals surface area contributed by atoms with Crippen molar-refractivity contribution in [3.05, 3.63) is 11.6 Å². The van der Waals surface area contributed by atoms with Crippen molar-refractivity contribution in [2.45, 2.75) is 58.3 Å². The van der Waals surface area contributed by atoms with Crippen LogP contribution >= 0.6 is 0 Å². The maximum Gasteiger partial charge on any atom is 0.303 e. The number of carbonyl (C=O) groups excluding carboxylic acids is 1. The van der Waals surface area contributed by atoms with Crippen LogP contribution in [-0.2, 0) is 10.2 Å². The molecule has 118 valence electrons. The Morgan fingerprint density at radius 3 is 2.43 bits per heavy atom. The van der Waals surface area contributed by atoms with Crippen molar-refractivity contribution in [2.24, 2.45) is 0 Å². The lowest BCUT2D eigenvalue weighted by atomic mass is 9.96. The van der Waals surface area contributed by atoms with Crippen molar-refractivity contribution in [1.82, 2.24) is 20.5 Å². The van der Waals surface area contributed by atoms with E-state index in [0.717, 1.165) is 19.3 Å². The number of hydrogen-bond acceptors (Lipinski definition) is 4. The number of aromatic amines is 1. The van der Waals surface area contributed by atoms with Gasteiger partial charge in [0.05, 0.1) is 0 Å². The molecule has 0 aliphatic heterocycles. The second kappa shape index (κ2) is 7.75. The average molecular weight is 296 g/mol. The van der Waals surface area contributed by atoms with Crippen molar-refractivity contribution in [3.63, 3.8) is 0 Å². The zero-order valence-corrected chi connectivity index (χ0v) is 12.9. The van der Waals surface area contributed by atoms with E-state index in [1.165, 1.54) is 0 Å². The van der Waals surface area contributed by atoms with Crippen molar-refractivity contribution in [1.29, 1.82) is 0 Å². The lowest BCUT2D eigenvalue weighted by Gasteiger charge is -2.12.